The molecule has 0 aliphatic carbocycles. The van der Waals surface area contributed by atoms with E-state index in [1.165, 1.54) is 0 Å². The number of rotatable bonds is 5. The molecule has 1 atom stereocenters. The fourth-order valence-electron chi connectivity index (χ4n) is 2.61. The van der Waals surface area contributed by atoms with Crippen molar-refractivity contribution in [3.05, 3.63) is 36.0 Å². The van der Waals surface area contributed by atoms with Crippen molar-refractivity contribution in [2.45, 2.75) is 39.3 Å². The average molecular weight is 273 g/mol. The molecule has 4 nitrogen and oxygen atoms in total. The fraction of sp³-hybridized carbons (Fsp3) is 0.438. The summed E-state index contributed by atoms with van der Waals surface area (Å²) in [6.45, 7) is 6.70. The molecule has 1 heterocycles. The minimum Gasteiger partial charge on any atom is -0.361 e. The first kappa shape index (κ1) is 14.6. The molecule has 20 heavy (non-hydrogen) atoms. The minimum atomic E-state index is -0.489. The van der Waals surface area contributed by atoms with Crippen LogP contribution in [0, 0.1) is 0 Å². The zero-order valence-electron chi connectivity index (χ0n) is 12.4. The Balaban J connectivity index is 2.15. The number of fused-ring (bicyclic) bond motifs is 1. The van der Waals surface area contributed by atoms with Crippen molar-refractivity contribution in [1.82, 2.24) is 9.88 Å². The largest absolute Gasteiger partial charge is 0.361 e. The van der Waals surface area contributed by atoms with Gasteiger partial charge in [0.05, 0.1) is 6.04 Å². The minimum absolute atomic E-state index is 0.0211. The van der Waals surface area contributed by atoms with Gasteiger partial charge in [-0.15, -0.1) is 0 Å². The number of H-pyrrole nitrogens is 1. The number of nitrogens with one attached hydrogen (secondary N) is 1. The lowest BCUT2D eigenvalue weighted by molar-refractivity contribution is -0.134. The van der Waals surface area contributed by atoms with E-state index in [2.05, 4.69) is 11.1 Å². The zero-order chi connectivity index (χ0) is 14.7. The van der Waals surface area contributed by atoms with Crippen LogP contribution in [0.2, 0.25) is 0 Å². The van der Waals surface area contributed by atoms with E-state index in [1.54, 1.807) is 0 Å². The third-order valence-electron chi connectivity index (χ3n) is 3.68. The SMILES string of the molecule is CCN(C(=O)C(N)Cc1c[nH]c2ccccc12)C(C)C. The Morgan fingerprint density at radius 2 is 2.05 bits per heavy atom. The Kier molecular flexibility index (Phi) is 4.45. The lowest BCUT2D eigenvalue weighted by Crippen LogP contribution is -2.47. The molecule has 0 aliphatic heterocycles. The Morgan fingerprint density at radius 1 is 1.35 bits per heavy atom. The summed E-state index contributed by atoms with van der Waals surface area (Å²) in [4.78, 5) is 17.4. The van der Waals surface area contributed by atoms with Crippen LogP contribution in [0.1, 0.15) is 26.3 Å². The van der Waals surface area contributed by atoms with Gasteiger partial charge in [0.15, 0.2) is 0 Å². The van der Waals surface area contributed by atoms with E-state index in [0.29, 0.717) is 13.0 Å². The summed E-state index contributed by atoms with van der Waals surface area (Å²) in [5.41, 5.74) is 8.29. The molecule has 0 saturated carbocycles. The summed E-state index contributed by atoms with van der Waals surface area (Å²) in [5, 5.41) is 1.14. The maximum absolute atomic E-state index is 12.4. The number of hydrogen-bond donors (Lipinski definition) is 2. The maximum atomic E-state index is 12.4. The molecule has 3 N–H and O–H groups in total. The molecule has 1 unspecified atom stereocenters. The monoisotopic (exact) mass is 273 g/mol. The molecule has 4 heteroatoms. The van der Waals surface area contributed by atoms with Crippen molar-refractivity contribution in [2.24, 2.45) is 5.73 Å². The molecular weight excluding hydrogens is 250 g/mol. The van der Waals surface area contributed by atoms with Crippen molar-refractivity contribution >= 4 is 16.8 Å². The van der Waals surface area contributed by atoms with Crippen LogP contribution >= 0.6 is 0 Å². The van der Waals surface area contributed by atoms with Crippen LogP contribution in [0.4, 0.5) is 0 Å². The van der Waals surface area contributed by atoms with E-state index < -0.39 is 6.04 Å². The van der Waals surface area contributed by atoms with Crippen molar-refractivity contribution in [2.75, 3.05) is 6.54 Å². The number of carbonyl (C=O) groups is 1. The van der Waals surface area contributed by atoms with Gasteiger partial charge in [-0.25, -0.2) is 0 Å². The second-order valence-electron chi connectivity index (χ2n) is 5.39. The second-order valence-corrected chi connectivity index (χ2v) is 5.39. The number of aromatic nitrogens is 1. The van der Waals surface area contributed by atoms with Gasteiger partial charge in [0.25, 0.3) is 0 Å². The highest BCUT2D eigenvalue weighted by molar-refractivity contribution is 5.86. The molecule has 2 aromatic rings. The van der Waals surface area contributed by atoms with Crippen LogP contribution in [0.15, 0.2) is 30.5 Å². The number of nitrogens with two attached hydrogens (primary N) is 1. The number of benzene rings is 1. The van der Waals surface area contributed by atoms with E-state index >= 15 is 0 Å². The Morgan fingerprint density at radius 3 is 2.70 bits per heavy atom. The fourth-order valence-corrected chi connectivity index (χ4v) is 2.61. The lowest BCUT2D eigenvalue weighted by Gasteiger charge is -2.28. The van der Waals surface area contributed by atoms with Gasteiger partial charge in [-0.1, -0.05) is 18.2 Å². The Bertz CT molecular complexity index is 588. The zero-order valence-corrected chi connectivity index (χ0v) is 12.4. The predicted molar refractivity (Wildman–Crippen MR) is 82.5 cm³/mol. The smallest absolute Gasteiger partial charge is 0.240 e. The van der Waals surface area contributed by atoms with Crippen molar-refractivity contribution in [3.8, 4) is 0 Å². The van der Waals surface area contributed by atoms with E-state index in [1.807, 2.05) is 50.1 Å². The first-order valence-corrected chi connectivity index (χ1v) is 7.15. The molecular formula is C16H23N3O. The van der Waals surface area contributed by atoms with E-state index in [-0.39, 0.29) is 11.9 Å². The first-order valence-electron chi connectivity index (χ1n) is 7.15. The highest BCUT2D eigenvalue weighted by Gasteiger charge is 2.22. The van der Waals surface area contributed by atoms with Gasteiger partial charge in [-0.2, -0.15) is 0 Å². The lowest BCUT2D eigenvalue weighted by atomic mass is 10.0. The molecule has 1 aromatic carbocycles. The number of para-hydroxylation sites is 1. The van der Waals surface area contributed by atoms with E-state index in [9.17, 15) is 4.79 Å². The number of likely N-dealkylation sites (N-methyl/N-ethyl adjacent to an activating group) is 1. The molecule has 0 aliphatic rings. The number of carbonyl (C=O) groups excluding carboxylic acids is 1. The van der Waals surface area contributed by atoms with Gasteiger partial charge in [0.2, 0.25) is 5.91 Å². The Labute approximate surface area is 120 Å². The summed E-state index contributed by atoms with van der Waals surface area (Å²) in [7, 11) is 0. The molecule has 0 fully saturated rings. The maximum Gasteiger partial charge on any atom is 0.240 e. The number of aromatic amines is 1. The van der Waals surface area contributed by atoms with Crippen LogP contribution < -0.4 is 5.73 Å². The van der Waals surface area contributed by atoms with Crippen LogP contribution in [-0.4, -0.2) is 34.4 Å². The normalized spacial score (nSPS) is 12.8. The summed E-state index contributed by atoms with van der Waals surface area (Å²) in [6, 6.07) is 7.76. The molecule has 0 radical (unpaired) electrons. The molecule has 0 bridgehead atoms. The summed E-state index contributed by atoms with van der Waals surface area (Å²) in [5.74, 6) is 0.0211. The third kappa shape index (κ3) is 2.85. The second kappa shape index (κ2) is 6.09. The standard InChI is InChI=1S/C16H23N3O/c1-4-19(11(2)3)16(20)14(17)9-12-10-18-15-8-6-5-7-13(12)15/h5-8,10-11,14,18H,4,9,17H2,1-3H3. The number of hydrogen-bond acceptors (Lipinski definition) is 2. The van der Waals surface area contributed by atoms with E-state index in [0.717, 1.165) is 16.5 Å². The predicted octanol–water partition coefficient (Wildman–Crippen LogP) is 2.29. The van der Waals surface area contributed by atoms with Gasteiger partial charge in [0.1, 0.15) is 0 Å². The van der Waals surface area contributed by atoms with Gasteiger partial charge >= 0.3 is 0 Å². The van der Waals surface area contributed by atoms with Crippen LogP contribution in [0.25, 0.3) is 10.9 Å². The summed E-state index contributed by atoms with van der Waals surface area (Å²) >= 11 is 0. The highest BCUT2D eigenvalue weighted by Crippen LogP contribution is 2.19. The van der Waals surface area contributed by atoms with Crippen molar-refractivity contribution in [1.29, 1.82) is 0 Å². The van der Waals surface area contributed by atoms with Gasteiger partial charge in [0, 0.05) is 29.7 Å². The molecule has 0 saturated heterocycles. The van der Waals surface area contributed by atoms with Crippen molar-refractivity contribution < 1.29 is 4.79 Å². The molecule has 108 valence electrons. The summed E-state index contributed by atoms with van der Waals surface area (Å²) < 4.78 is 0. The van der Waals surface area contributed by atoms with Crippen LogP contribution in [-0.2, 0) is 11.2 Å². The van der Waals surface area contributed by atoms with Gasteiger partial charge in [-0.05, 0) is 38.8 Å². The van der Waals surface area contributed by atoms with Gasteiger partial charge in [-0.3, -0.25) is 4.79 Å². The highest BCUT2D eigenvalue weighted by atomic mass is 16.2. The van der Waals surface area contributed by atoms with Crippen molar-refractivity contribution in [3.63, 3.8) is 0 Å². The molecule has 1 amide bonds. The summed E-state index contributed by atoms with van der Waals surface area (Å²) in [6.07, 6.45) is 2.51. The van der Waals surface area contributed by atoms with Crippen LogP contribution in [0.3, 0.4) is 0 Å². The molecule has 2 rings (SSSR count). The number of amides is 1. The quantitative estimate of drug-likeness (QED) is 0.878. The average Bonchev–Trinajstić information content (AvgIpc) is 2.82. The molecule has 1 aromatic heterocycles. The first-order chi connectivity index (χ1) is 9.54. The van der Waals surface area contributed by atoms with Gasteiger partial charge < -0.3 is 15.6 Å². The van der Waals surface area contributed by atoms with E-state index in [4.69, 9.17) is 5.73 Å². The number of nitrogens with zero attached hydrogens (tertiary/aromatic N) is 1. The van der Waals surface area contributed by atoms with Crippen LogP contribution in [0.5, 0.6) is 0 Å². The molecule has 0 spiro atoms. The Hall–Kier alpha value is -1.81. The third-order valence-corrected chi connectivity index (χ3v) is 3.68. The topological polar surface area (TPSA) is 62.1 Å².